The van der Waals surface area contributed by atoms with Gasteiger partial charge >= 0.3 is 5.97 Å². The summed E-state index contributed by atoms with van der Waals surface area (Å²) in [5.41, 5.74) is 1.75. The Morgan fingerprint density at radius 3 is 2.52 bits per heavy atom. The maximum absolute atomic E-state index is 12.7. The second-order valence-corrected chi connectivity index (χ2v) is 7.31. The molecule has 0 spiro atoms. The maximum atomic E-state index is 12.7. The molecule has 0 fully saturated rings. The van der Waals surface area contributed by atoms with E-state index in [1.54, 1.807) is 6.92 Å². The molecule has 3 aromatic rings. The smallest absolute Gasteiger partial charge is 0.341 e. The molecular formula is C21H18N2O5S. The van der Waals surface area contributed by atoms with E-state index in [9.17, 15) is 19.7 Å². The second kappa shape index (κ2) is 8.66. The molecule has 1 N–H and O–H groups in total. The number of carbonyl (C=O) groups is 2. The molecular weight excluding hydrogens is 392 g/mol. The maximum Gasteiger partial charge on any atom is 0.341 e. The normalized spacial score (nSPS) is 10.4. The Balaban J connectivity index is 2.03. The molecule has 0 saturated carbocycles. The van der Waals surface area contributed by atoms with Crippen LogP contribution in [-0.4, -0.2) is 23.4 Å². The quantitative estimate of drug-likeness (QED) is 0.348. The van der Waals surface area contributed by atoms with Crippen molar-refractivity contribution in [3.05, 3.63) is 80.7 Å². The molecule has 2 aromatic carbocycles. The van der Waals surface area contributed by atoms with E-state index in [1.807, 2.05) is 37.3 Å². The van der Waals surface area contributed by atoms with Crippen LogP contribution >= 0.6 is 11.3 Å². The van der Waals surface area contributed by atoms with Gasteiger partial charge < -0.3 is 10.1 Å². The zero-order valence-electron chi connectivity index (χ0n) is 15.8. The van der Waals surface area contributed by atoms with Crippen molar-refractivity contribution in [2.75, 3.05) is 11.9 Å². The molecule has 3 rings (SSSR count). The van der Waals surface area contributed by atoms with Crippen molar-refractivity contribution >= 4 is 33.9 Å². The van der Waals surface area contributed by atoms with E-state index in [1.165, 1.54) is 35.6 Å². The molecule has 0 aliphatic rings. The van der Waals surface area contributed by atoms with Gasteiger partial charge in [-0.25, -0.2) is 4.79 Å². The van der Waals surface area contributed by atoms with Crippen LogP contribution in [0.4, 0.5) is 10.7 Å². The summed E-state index contributed by atoms with van der Waals surface area (Å²) in [6.45, 7) is 3.76. The number of aryl methyl sites for hydroxylation is 1. The lowest BCUT2D eigenvalue weighted by molar-refractivity contribution is -0.384. The van der Waals surface area contributed by atoms with Crippen molar-refractivity contribution in [3.63, 3.8) is 0 Å². The van der Waals surface area contributed by atoms with Crippen molar-refractivity contribution in [1.82, 2.24) is 0 Å². The Morgan fingerprint density at radius 2 is 1.86 bits per heavy atom. The molecule has 0 saturated heterocycles. The zero-order chi connectivity index (χ0) is 21.0. The lowest BCUT2D eigenvalue weighted by Crippen LogP contribution is -2.15. The van der Waals surface area contributed by atoms with Crippen molar-refractivity contribution < 1.29 is 19.2 Å². The number of rotatable bonds is 6. The van der Waals surface area contributed by atoms with Crippen LogP contribution in [-0.2, 0) is 4.74 Å². The van der Waals surface area contributed by atoms with Gasteiger partial charge in [0.15, 0.2) is 0 Å². The van der Waals surface area contributed by atoms with Crippen molar-refractivity contribution in [1.29, 1.82) is 0 Å². The SMILES string of the molecule is CCOC(=O)c1c(NC(=O)c2cccc([N+](=O)[O-])c2)sc(C)c1-c1ccccc1. The number of hydrogen-bond acceptors (Lipinski definition) is 6. The monoisotopic (exact) mass is 410 g/mol. The molecule has 1 aromatic heterocycles. The standard InChI is InChI=1S/C21H18N2O5S/c1-3-28-21(25)18-17(14-8-5-4-6-9-14)13(2)29-20(18)22-19(24)15-10-7-11-16(12-15)23(26)27/h4-12H,3H2,1-2H3,(H,22,24). The first-order valence-electron chi connectivity index (χ1n) is 8.84. The summed E-state index contributed by atoms with van der Waals surface area (Å²) in [5.74, 6) is -1.08. The van der Waals surface area contributed by atoms with Crippen LogP contribution in [0.25, 0.3) is 11.1 Å². The Hall–Kier alpha value is -3.52. The average Bonchev–Trinajstić information content (AvgIpc) is 3.04. The van der Waals surface area contributed by atoms with E-state index >= 15 is 0 Å². The number of thiophene rings is 1. The van der Waals surface area contributed by atoms with Gasteiger partial charge in [0.05, 0.1) is 11.5 Å². The number of amides is 1. The molecule has 0 unspecified atom stereocenters. The number of carbonyl (C=O) groups excluding carboxylic acids is 2. The minimum Gasteiger partial charge on any atom is -0.462 e. The number of nitro groups is 1. The van der Waals surface area contributed by atoms with Crippen LogP contribution in [0.15, 0.2) is 54.6 Å². The summed E-state index contributed by atoms with van der Waals surface area (Å²) in [4.78, 5) is 36.6. The Bertz CT molecular complexity index is 1080. The highest BCUT2D eigenvalue weighted by molar-refractivity contribution is 7.17. The topological polar surface area (TPSA) is 98.5 Å². The molecule has 8 heteroatoms. The third-order valence-electron chi connectivity index (χ3n) is 4.17. The van der Waals surface area contributed by atoms with Crippen LogP contribution < -0.4 is 5.32 Å². The lowest BCUT2D eigenvalue weighted by Gasteiger charge is -2.09. The fourth-order valence-corrected chi connectivity index (χ4v) is 3.98. The van der Waals surface area contributed by atoms with Crippen molar-refractivity contribution in [3.8, 4) is 11.1 Å². The van der Waals surface area contributed by atoms with Crippen LogP contribution in [0.5, 0.6) is 0 Å². The number of nitro benzene ring substituents is 1. The summed E-state index contributed by atoms with van der Waals surface area (Å²) in [7, 11) is 0. The summed E-state index contributed by atoms with van der Waals surface area (Å²) in [5, 5.41) is 14.0. The first-order chi connectivity index (χ1) is 13.9. The molecule has 0 radical (unpaired) electrons. The summed E-state index contributed by atoms with van der Waals surface area (Å²) >= 11 is 1.26. The van der Waals surface area contributed by atoms with Crippen molar-refractivity contribution in [2.45, 2.75) is 13.8 Å². The fourth-order valence-electron chi connectivity index (χ4n) is 2.92. The zero-order valence-corrected chi connectivity index (χ0v) is 16.6. The minimum atomic E-state index is -0.566. The fraction of sp³-hybridized carbons (Fsp3) is 0.143. The van der Waals surface area contributed by atoms with E-state index in [4.69, 9.17) is 4.74 Å². The van der Waals surface area contributed by atoms with E-state index in [0.717, 1.165) is 10.4 Å². The molecule has 0 aliphatic heterocycles. The number of hydrogen-bond donors (Lipinski definition) is 1. The number of non-ortho nitro benzene ring substituents is 1. The van der Waals surface area contributed by atoms with Gasteiger partial charge in [-0.15, -0.1) is 11.3 Å². The van der Waals surface area contributed by atoms with Crippen LogP contribution in [0, 0.1) is 17.0 Å². The van der Waals surface area contributed by atoms with Gasteiger partial charge in [-0.2, -0.15) is 0 Å². The van der Waals surface area contributed by atoms with Gasteiger partial charge in [-0.05, 0) is 25.5 Å². The lowest BCUT2D eigenvalue weighted by atomic mass is 10.0. The average molecular weight is 410 g/mol. The van der Waals surface area contributed by atoms with Crippen LogP contribution in [0.3, 0.4) is 0 Å². The highest BCUT2D eigenvalue weighted by Crippen LogP contribution is 2.40. The number of ether oxygens (including phenoxy) is 1. The predicted molar refractivity (Wildman–Crippen MR) is 111 cm³/mol. The molecule has 1 heterocycles. The van der Waals surface area contributed by atoms with Gasteiger partial charge in [0.1, 0.15) is 10.6 Å². The molecule has 148 valence electrons. The summed E-state index contributed by atoms with van der Waals surface area (Å²) in [6, 6.07) is 14.8. The predicted octanol–water partition coefficient (Wildman–Crippen LogP) is 5.06. The van der Waals surface area contributed by atoms with Gasteiger partial charge in [0.25, 0.3) is 11.6 Å². The largest absolute Gasteiger partial charge is 0.462 e. The van der Waals surface area contributed by atoms with Gasteiger partial charge in [0.2, 0.25) is 0 Å². The first kappa shape index (κ1) is 20.2. The van der Waals surface area contributed by atoms with E-state index < -0.39 is 16.8 Å². The van der Waals surface area contributed by atoms with E-state index in [0.29, 0.717) is 10.6 Å². The minimum absolute atomic E-state index is 0.126. The van der Waals surface area contributed by atoms with Crippen LogP contribution in [0.1, 0.15) is 32.5 Å². The summed E-state index contributed by atoms with van der Waals surface area (Å²) in [6.07, 6.45) is 0. The molecule has 0 atom stereocenters. The number of nitrogens with zero attached hydrogens (tertiary/aromatic N) is 1. The third-order valence-corrected chi connectivity index (χ3v) is 5.19. The van der Waals surface area contributed by atoms with Crippen LogP contribution in [0.2, 0.25) is 0 Å². The molecule has 29 heavy (non-hydrogen) atoms. The second-order valence-electron chi connectivity index (χ2n) is 6.09. The summed E-state index contributed by atoms with van der Waals surface area (Å²) < 4.78 is 5.21. The van der Waals surface area contributed by atoms with E-state index in [2.05, 4.69) is 5.32 Å². The van der Waals surface area contributed by atoms with Gasteiger partial charge in [0, 0.05) is 28.1 Å². The highest BCUT2D eigenvalue weighted by Gasteiger charge is 2.26. The Morgan fingerprint density at radius 1 is 1.14 bits per heavy atom. The highest BCUT2D eigenvalue weighted by atomic mass is 32.1. The first-order valence-corrected chi connectivity index (χ1v) is 9.65. The Labute approximate surface area is 171 Å². The number of nitrogens with one attached hydrogen (secondary N) is 1. The molecule has 0 aliphatic carbocycles. The third kappa shape index (κ3) is 4.33. The molecule has 7 nitrogen and oxygen atoms in total. The molecule has 0 bridgehead atoms. The number of esters is 1. The van der Waals surface area contributed by atoms with Gasteiger partial charge in [-0.3, -0.25) is 14.9 Å². The van der Waals surface area contributed by atoms with E-state index in [-0.39, 0.29) is 23.4 Å². The number of anilines is 1. The number of benzene rings is 2. The Kier molecular flexibility index (Phi) is 6.04. The van der Waals surface area contributed by atoms with Crippen molar-refractivity contribution in [2.24, 2.45) is 0 Å². The molecule has 1 amide bonds. The van der Waals surface area contributed by atoms with Gasteiger partial charge in [-0.1, -0.05) is 36.4 Å².